The van der Waals surface area contributed by atoms with Gasteiger partial charge in [-0.3, -0.25) is 10.1 Å². The monoisotopic (exact) mass is 277 g/mol. The molecule has 1 atom stereocenters. The first-order valence-electron chi connectivity index (χ1n) is 7.19. The van der Waals surface area contributed by atoms with Gasteiger partial charge < -0.3 is 10.2 Å². The van der Waals surface area contributed by atoms with Crippen LogP contribution >= 0.6 is 0 Å². The van der Waals surface area contributed by atoms with Crippen LogP contribution in [0.5, 0.6) is 0 Å². The summed E-state index contributed by atoms with van der Waals surface area (Å²) >= 11 is 0. The molecule has 1 unspecified atom stereocenters. The van der Waals surface area contributed by atoms with Crippen LogP contribution in [0.4, 0.5) is 5.69 Å². The van der Waals surface area contributed by atoms with Gasteiger partial charge in [0.25, 0.3) is 5.69 Å². The molecule has 1 saturated heterocycles. The molecule has 0 aliphatic carbocycles. The quantitative estimate of drug-likeness (QED) is 0.663. The average molecular weight is 277 g/mol. The van der Waals surface area contributed by atoms with Crippen LogP contribution in [0.25, 0.3) is 0 Å². The molecule has 0 amide bonds. The zero-order valence-electron chi connectivity index (χ0n) is 12.3. The second kappa shape index (κ2) is 6.81. The largest absolute Gasteiger partial charge is 0.312 e. The Morgan fingerprint density at radius 3 is 3.00 bits per heavy atom. The Hall–Kier alpha value is -1.46. The lowest BCUT2D eigenvalue weighted by atomic mass is 9.98. The van der Waals surface area contributed by atoms with Crippen LogP contribution in [-0.2, 0) is 6.54 Å². The van der Waals surface area contributed by atoms with Crippen molar-refractivity contribution in [3.8, 4) is 0 Å². The van der Waals surface area contributed by atoms with Crippen LogP contribution in [0.2, 0.25) is 0 Å². The van der Waals surface area contributed by atoms with E-state index in [1.54, 1.807) is 13.0 Å². The third-order valence-electron chi connectivity index (χ3n) is 3.95. The zero-order chi connectivity index (χ0) is 14.5. The number of aryl methyl sites for hydroxylation is 1. The van der Waals surface area contributed by atoms with E-state index in [-0.39, 0.29) is 10.6 Å². The van der Waals surface area contributed by atoms with E-state index >= 15 is 0 Å². The van der Waals surface area contributed by atoms with Gasteiger partial charge >= 0.3 is 0 Å². The van der Waals surface area contributed by atoms with Crippen molar-refractivity contribution in [1.29, 1.82) is 0 Å². The first-order valence-corrected chi connectivity index (χ1v) is 7.19. The molecule has 0 bridgehead atoms. The second-order valence-corrected chi connectivity index (χ2v) is 5.78. The molecule has 5 nitrogen and oxygen atoms in total. The van der Waals surface area contributed by atoms with Crippen LogP contribution in [0.3, 0.4) is 0 Å². The number of hydrogen-bond donors (Lipinski definition) is 1. The summed E-state index contributed by atoms with van der Waals surface area (Å²) < 4.78 is 0. The molecule has 1 N–H and O–H groups in total. The van der Waals surface area contributed by atoms with Gasteiger partial charge in [-0.2, -0.15) is 0 Å². The number of nitro benzene ring substituents is 1. The number of nitrogens with one attached hydrogen (secondary N) is 1. The van der Waals surface area contributed by atoms with E-state index in [0.717, 1.165) is 18.7 Å². The molecule has 1 aliphatic rings. The third kappa shape index (κ3) is 4.02. The number of benzene rings is 1. The molecule has 110 valence electrons. The van der Waals surface area contributed by atoms with E-state index in [9.17, 15) is 10.1 Å². The molecule has 1 aliphatic heterocycles. The summed E-state index contributed by atoms with van der Waals surface area (Å²) in [5.41, 5.74) is 1.90. The maximum Gasteiger partial charge on any atom is 0.272 e. The summed E-state index contributed by atoms with van der Waals surface area (Å²) in [5.74, 6) is 0.689. The third-order valence-corrected chi connectivity index (χ3v) is 3.95. The van der Waals surface area contributed by atoms with Crippen molar-refractivity contribution in [3.05, 3.63) is 39.4 Å². The van der Waals surface area contributed by atoms with Gasteiger partial charge in [-0.15, -0.1) is 0 Å². The number of nitro groups is 1. The topological polar surface area (TPSA) is 58.4 Å². The number of hydrogen-bond acceptors (Lipinski definition) is 4. The van der Waals surface area contributed by atoms with E-state index in [1.807, 2.05) is 12.1 Å². The number of nitrogens with zero attached hydrogens (tertiary/aromatic N) is 2. The molecular formula is C15H23N3O2. The van der Waals surface area contributed by atoms with Gasteiger partial charge in [0, 0.05) is 24.7 Å². The van der Waals surface area contributed by atoms with Crippen LogP contribution in [0.1, 0.15) is 24.0 Å². The average Bonchev–Trinajstić information content (AvgIpc) is 2.40. The highest BCUT2D eigenvalue weighted by Gasteiger charge is 2.16. The maximum atomic E-state index is 10.9. The summed E-state index contributed by atoms with van der Waals surface area (Å²) in [5, 5.41) is 14.3. The summed E-state index contributed by atoms with van der Waals surface area (Å²) in [7, 11) is 2.16. The molecule has 0 aromatic heterocycles. The number of likely N-dealkylation sites (tertiary alicyclic amines) is 1. The van der Waals surface area contributed by atoms with Crippen molar-refractivity contribution in [3.63, 3.8) is 0 Å². The maximum absolute atomic E-state index is 10.9. The number of rotatable bonds is 5. The molecule has 20 heavy (non-hydrogen) atoms. The fraction of sp³-hybridized carbons (Fsp3) is 0.600. The molecule has 0 spiro atoms. The van der Waals surface area contributed by atoms with E-state index in [1.165, 1.54) is 19.4 Å². The minimum absolute atomic E-state index is 0.210. The van der Waals surface area contributed by atoms with Crippen molar-refractivity contribution < 1.29 is 4.92 Å². The highest BCUT2D eigenvalue weighted by Crippen LogP contribution is 2.19. The van der Waals surface area contributed by atoms with Gasteiger partial charge in [-0.25, -0.2) is 0 Å². The van der Waals surface area contributed by atoms with Crippen LogP contribution in [0.15, 0.2) is 18.2 Å². The Bertz CT molecular complexity index is 476. The Morgan fingerprint density at radius 1 is 1.50 bits per heavy atom. The second-order valence-electron chi connectivity index (χ2n) is 5.78. The van der Waals surface area contributed by atoms with Crippen molar-refractivity contribution in [2.24, 2.45) is 5.92 Å². The Labute approximate surface area is 120 Å². The van der Waals surface area contributed by atoms with E-state index in [2.05, 4.69) is 17.3 Å². The first-order chi connectivity index (χ1) is 9.56. The molecule has 5 heteroatoms. The standard InChI is InChI=1S/C15H23N3O2/c1-12-5-6-13(8-15(12)18(19)20)9-16-10-14-4-3-7-17(2)11-14/h5-6,8,14,16H,3-4,7,9-11H2,1-2H3. The highest BCUT2D eigenvalue weighted by atomic mass is 16.6. The molecule has 1 heterocycles. The molecule has 1 fully saturated rings. The summed E-state index contributed by atoms with van der Waals surface area (Å²) in [4.78, 5) is 13.0. The van der Waals surface area contributed by atoms with E-state index in [4.69, 9.17) is 0 Å². The predicted octanol–water partition coefficient (Wildman–Crippen LogP) is 2.33. The summed E-state index contributed by atoms with van der Waals surface area (Å²) in [6.07, 6.45) is 2.53. The SMILES string of the molecule is Cc1ccc(CNCC2CCCN(C)C2)cc1[N+](=O)[O-]. The molecule has 0 saturated carbocycles. The van der Waals surface area contributed by atoms with Crippen molar-refractivity contribution in [2.45, 2.75) is 26.3 Å². The minimum atomic E-state index is -0.311. The molecule has 1 aromatic carbocycles. The van der Waals surface area contributed by atoms with Crippen LogP contribution < -0.4 is 5.32 Å². The lowest BCUT2D eigenvalue weighted by Gasteiger charge is -2.29. The normalized spacial score (nSPS) is 20.0. The van der Waals surface area contributed by atoms with E-state index < -0.39 is 0 Å². The molecule has 0 radical (unpaired) electrons. The molecule has 2 rings (SSSR count). The Balaban J connectivity index is 1.85. The van der Waals surface area contributed by atoms with Crippen LogP contribution in [0, 0.1) is 23.0 Å². The molecule has 1 aromatic rings. The van der Waals surface area contributed by atoms with Crippen molar-refractivity contribution in [2.75, 3.05) is 26.7 Å². The predicted molar refractivity (Wildman–Crippen MR) is 79.8 cm³/mol. The minimum Gasteiger partial charge on any atom is -0.312 e. The van der Waals surface area contributed by atoms with Gasteiger partial charge in [0.1, 0.15) is 0 Å². The first kappa shape index (κ1) is 14.9. The van der Waals surface area contributed by atoms with Crippen molar-refractivity contribution in [1.82, 2.24) is 10.2 Å². The number of piperidine rings is 1. The van der Waals surface area contributed by atoms with Gasteiger partial charge in [0.05, 0.1) is 4.92 Å². The fourth-order valence-corrected chi connectivity index (χ4v) is 2.82. The Kier molecular flexibility index (Phi) is 5.09. The van der Waals surface area contributed by atoms with E-state index in [0.29, 0.717) is 18.0 Å². The fourth-order valence-electron chi connectivity index (χ4n) is 2.82. The van der Waals surface area contributed by atoms with Crippen LogP contribution in [-0.4, -0.2) is 36.5 Å². The lowest BCUT2D eigenvalue weighted by molar-refractivity contribution is -0.385. The smallest absolute Gasteiger partial charge is 0.272 e. The van der Waals surface area contributed by atoms with Gasteiger partial charge in [-0.1, -0.05) is 12.1 Å². The summed E-state index contributed by atoms with van der Waals surface area (Å²) in [6.45, 7) is 5.78. The summed E-state index contributed by atoms with van der Waals surface area (Å²) in [6, 6.07) is 5.46. The van der Waals surface area contributed by atoms with Gasteiger partial charge in [-0.05, 0) is 51.4 Å². The van der Waals surface area contributed by atoms with Crippen molar-refractivity contribution >= 4 is 5.69 Å². The molecular weight excluding hydrogens is 254 g/mol. The van der Waals surface area contributed by atoms with Gasteiger partial charge in [0.2, 0.25) is 0 Å². The Morgan fingerprint density at radius 2 is 2.30 bits per heavy atom. The lowest BCUT2D eigenvalue weighted by Crippen LogP contribution is -2.37. The highest BCUT2D eigenvalue weighted by molar-refractivity contribution is 5.42. The zero-order valence-corrected chi connectivity index (χ0v) is 12.3. The van der Waals surface area contributed by atoms with Gasteiger partial charge in [0.15, 0.2) is 0 Å².